The van der Waals surface area contributed by atoms with Gasteiger partial charge in [-0.1, -0.05) is 44.2 Å². The zero-order valence-corrected chi connectivity index (χ0v) is 11.7. The number of carbonyl (C=O) groups excluding carboxylic acids is 1. The van der Waals surface area contributed by atoms with Crippen LogP contribution in [0, 0.1) is 5.92 Å². The van der Waals surface area contributed by atoms with Crippen molar-refractivity contribution in [2.24, 2.45) is 5.92 Å². The predicted molar refractivity (Wildman–Crippen MR) is 77.7 cm³/mol. The highest BCUT2D eigenvalue weighted by molar-refractivity contribution is 5.74. The van der Waals surface area contributed by atoms with Crippen LogP contribution in [0.1, 0.15) is 19.4 Å². The SMILES string of the molecule is CC(C)C(=O)Oc1ccc(OCc2ccccc2)cc1. The van der Waals surface area contributed by atoms with Crippen molar-refractivity contribution >= 4 is 5.97 Å². The zero-order valence-electron chi connectivity index (χ0n) is 11.7. The van der Waals surface area contributed by atoms with Gasteiger partial charge in [0.15, 0.2) is 0 Å². The Bertz CT molecular complexity index is 544. The minimum absolute atomic E-state index is 0.135. The van der Waals surface area contributed by atoms with Gasteiger partial charge < -0.3 is 9.47 Å². The fraction of sp³-hybridized carbons (Fsp3) is 0.235. The van der Waals surface area contributed by atoms with Crippen LogP contribution >= 0.6 is 0 Å². The average molecular weight is 270 g/mol. The summed E-state index contributed by atoms with van der Waals surface area (Å²) in [5.41, 5.74) is 1.11. The van der Waals surface area contributed by atoms with Gasteiger partial charge in [-0.3, -0.25) is 4.79 Å². The van der Waals surface area contributed by atoms with Gasteiger partial charge in [-0.2, -0.15) is 0 Å². The van der Waals surface area contributed by atoms with Crippen molar-refractivity contribution in [2.75, 3.05) is 0 Å². The number of carbonyl (C=O) groups is 1. The molecule has 20 heavy (non-hydrogen) atoms. The van der Waals surface area contributed by atoms with Crippen LogP contribution in [0.15, 0.2) is 54.6 Å². The number of hydrogen-bond donors (Lipinski definition) is 0. The molecule has 104 valence electrons. The van der Waals surface area contributed by atoms with Crippen molar-refractivity contribution in [3.05, 3.63) is 60.2 Å². The highest BCUT2D eigenvalue weighted by Gasteiger charge is 2.09. The van der Waals surface area contributed by atoms with Gasteiger partial charge in [0.1, 0.15) is 18.1 Å². The Kier molecular flexibility index (Phi) is 4.77. The van der Waals surface area contributed by atoms with E-state index in [4.69, 9.17) is 9.47 Å². The third-order valence-corrected chi connectivity index (χ3v) is 2.76. The van der Waals surface area contributed by atoms with E-state index < -0.39 is 0 Å². The van der Waals surface area contributed by atoms with Crippen LogP contribution in [0.5, 0.6) is 11.5 Å². The Morgan fingerprint density at radius 2 is 1.55 bits per heavy atom. The summed E-state index contributed by atoms with van der Waals surface area (Å²) in [5, 5.41) is 0. The molecular weight excluding hydrogens is 252 g/mol. The number of rotatable bonds is 5. The Morgan fingerprint density at radius 1 is 0.950 bits per heavy atom. The van der Waals surface area contributed by atoms with Crippen LogP contribution in [0.3, 0.4) is 0 Å². The van der Waals surface area contributed by atoms with E-state index >= 15 is 0 Å². The Hall–Kier alpha value is -2.29. The summed E-state index contributed by atoms with van der Waals surface area (Å²) in [7, 11) is 0. The van der Waals surface area contributed by atoms with Gasteiger partial charge in [-0.15, -0.1) is 0 Å². The molecule has 3 heteroatoms. The molecule has 3 nitrogen and oxygen atoms in total. The van der Waals surface area contributed by atoms with Crippen LogP contribution < -0.4 is 9.47 Å². The van der Waals surface area contributed by atoms with E-state index in [-0.39, 0.29) is 11.9 Å². The first-order chi connectivity index (χ1) is 9.65. The van der Waals surface area contributed by atoms with Crippen LogP contribution in [0.2, 0.25) is 0 Å². The molecule has 0 atom stereocenters. The Balaban J connectivity index is 1.90. The van der Waals surface area contributed by atoms with E-state index in [2.05, 4.69) is 0 Å². The lowest BCUT2D eigenvalue weighted by molar-refractivity contribution is -0.137. The maximum Gasteiger partial charge on any atom is 0.313 e. The second kappa shape index (κ2) is 6.75. The number of ether oxygens (including phenoxy) is 2. The van der Waals surface area contributed by atoms with Gasteiger partial charge in [0, 0.05) is 0 Å². The monoisotopic (exact) mass is 270 g/mol. The van der Waals surface area contributed by atoms with Crippen molar-refractivity contribution in [1.82, 2.24) is 0 Å². The molecule has 0 radical (unpaired) electrons. The lowest BCUT2D eigenvalue weighted by Crippen LogP contribution is -2.14. The Morgan fingerprint density at radius 3 is 2.15 bits per heavy atom. The minimum atomic E-state index is -0.233. The highest BCUT2D eigenvalue weighted by atomic mass is 16.5. The zero-order chi connectivity index (χ0) is 14.4. The molecule has 0 saturated carbocycles. The van der Waals surface area contributed by atoms with Gasteiger partial charge in [0.2, 0.25) is 0 Å². The smallest absolute Gasteiger partial charge is 0.313 e. The molecule has 0 unspecified atom stereocenters. The summed E-state index contributed by atoms with van der Waals surface area (Å²) in [4.78, 5) is 11.5. The molecule has 0 fully saturated rings. The van der Waals surface area contributed by atoms with Crippen LogP contribution in [-0.2, 0) is 11.4 Å². The third-order valence-electron chi connectivity index (χ3n) is 2.76. The normalized spacial score (nSPS) is 10.3. The first kappa shape index (κ1) is 14.1. The predicted octanol–water partition coefficient (Wildman–Crippen LogP) is 3.83. The fourth-order valence-electron chi connectivity index (χ4n) is 1.58. The van der Waals surface area contributed by atoms with E-state index in [0.717, 1.165) is 11.3 Å². The minimum Gasteiger partial charge on any atom is -0.489 e. The molecule has 0 N–H and O–H groups in total. The molecule has 0 saturated heterocycles. The Labute approximate surface area is 119 Å². The molecule has 0 aliphatic heterocycles. The quantitative estimate of drug-likeness (QED) is 0.612. The summed E-state index contributed by atoms with van der Waals surface area (Å²) < 4.78 is 10.9. The van der Waals surface area contributed by atoms with Crippen LogP contribution in [-0.4, -0.2) is 5.97 Å². The van der Waals surface area contributed by atoms with Crippen molar-refractivity contribution in [2.45, 2.75) is 20.5 Å². The summed E-state index contributed by atoms with van der Waals surface area (Å²) in [6.45, 7) is 4.13. The topological polar surface area (TPSA) is 35.5 Å². The van der Waals surface area contributed by atoms with Gasteiger partial charge in [-0.25, -0.2) is 0 Å². The average Bonchev–Trinajstić information content (AvgIpc) is 2.47. The van der Waals surface area contributed by atoms with Gasteiger partial charge in [0.05, 0.1) is 5.92 Å². The number of benzene rings is 2. The summed E-state index contributed by atoms with van der Waals surface area (Å²) in [5.74, 6) is 0.918. The molecule has 0 aromatic heterocycles. The summed E-state index contributed by atoms with van der Waals surface area (Å²) in [6, 6.07) is 17.0. The maximum absolute atomic E-state index is 11.5. The van der Waals surface area contributed by atoms with Gasteiger partial charge >= 0.3 is 5.97 Å². The number of esters is 1. The molecule has 0 heterocycles. The maximum atomic E-state index is 11.5. The molecule has 2 aromatic rings. The van der Waals surface area contributed by atoms with Crippen molar-refractivity contribution < 1.29 is 14.3 Å². The summed E-state index contributed by atoms with van der Waals surface area (Å²) >= 11 is 0. The third kappa shape index (κ3) is 4.12. The molecule has 0 bridgehead atoms. The standard InChI is InChI=1S/C17H18O3/c1-13(2)17(18)20-16-10-8-15(9-11-16)19-12-14-6-4-3-5-7-14/h3-11,13H,12H2,1-2H3. The molecule has 0 spiro atoms. The van der Waals surface area contributed by atoms with E-state index in [0.29, 0.717) is 12.4 Å². The molecule has 0 aliphatic rings. The van der Waals surface area contributed by atoms with E-state index in [1.54, 1.807) is 38.1 Å². The fourth-order valence-corrected chi connectivity index (χ4v) is 1.58. The van der Waals surface area contributed by atoms with Gasteiger partial charge in [-0.05, 0) is 29.8 Å². The first-order valence-electron chi connectivity index (χ1n) is 6.63. The number of hydrogen-bond acceptors (Lipinski definition) is 3. The van der Waals surface area contributed by atoms with E-state index in [1.807, 2.05) is 30.3 Å². The lowest BCUT2D eigenvalue weighted by Gasteiger charge is -2.09. The highest BCUT2D eigenvalue weighted by Crippen LogP contribution is 2.19. The van der Waals surface area contributed by atoms with Crippen molar-refractivity contribution in [3.63, 3.8) is 0 Å². The van der Waals surface area contributed by atoms with Crippen LogP contribution in [0.4, 0.5) is 0 Å². The molecular formula is C17H18O3. The summed E-state index contributed by atoms with van der Waals surface area (Å²) in [6.07, 6.45) is 0. The molecule has 0 amide bonds. The van der Waals surface area contributed by atoms with E-state index in [1.165, 1.54) is 0 Å². The van der Waals surface area contributed by atoms with Crippen LogP contribution in [0.25, 0.3) is 0 Å². The van der Waals surface area contributed by atoms with Crippen molar-refractivity contribution in [3.8, 4) is 11.5 Å². The second-order valence-corrected chi connectivity index (χ2v) is 4.82. The largest absolute Gasteiger partial charge is 0.489 e. The first-order valence-corrected chi connectivity index (χ1v) is 6.63. The lowest BCUT2D eigenvalue weighted by atomic mass is 10.2. The molecule has 0 aliphatic carbocycles. The van der Waals surface area contributed by atoms with Crippen molar-refractivity contribution in [1.29, 1.82) is 0 Å². The van der Waals surface area contributed by atoms with E-state index in [9.17, 15) is 4.79 Å². The second-order valence-electron chi connectivity index (χ2n) is 4.82. The molecule has 2 rings (SSSR count). The van der Waals surface area contributed by atoms with Gasteiger partial charge in [0.25, 0.3) is 0 Å². The molecule has 2 aromatic carbocycles.